The highest BCUT2D eigenvalue weighted by molar-refractivity contribution is 5.79. The molecule has 5 heteroatoms. The summed E-state index contributed by atoms with van der Waals surface area (Å²) >= 11 is 0. The lowest BCUT2D eigenvalue weighted by atomic mass is 10.1. The Morgan fingerprint density at radius 2 is 2.09 bits per heavy atom. The van der Waals surface area contributed by atoms with E-state index in [-0.39, 0.29) is 5.75 Å². The molecule has 1 aromatic carbocycles. The molecule has 1 aromatic rings. The predicted octanol–water partition coefficient (Wildman–Crippen LogP) is 2.54. The van der Waals surface area contributed by atoms with Gasteiger partial charge in [0, 0.05) is 19.6 Å². The van der Waals surface area contributed by atoms with E-state index < -0.39 is 0 Å². The number of aromatic hydroxyl groups is 1. The van der Waals surface area contributed by atoms with Crippen LogP contribution in [0.1, 0.15) is 32.8 Å². The maximum atomic E-state index is 10.1. The minimum atomic E-state index is 0.216. The molecule has 124 valence electrons. The second-order valence-electron chi connectivity index (χ2n) is 5.59. The Balaban J connectivity index is 2.52. The number of hydrogen-bond donors (Lipinski definition) is 3. The van der Waals surface area contributed by atoms with Gasteiger partial charge in [0.15, 0.2) is 17.5 Å². The molecule has 0 radical (unpaired) electrons. The molecule has 0 saturated carbocycles. The Morgan fingerprint density at radius 3 is 2.73 bits per heavy atom. The number of phenols is 1. The Morgan fingerprint density at radius 1 is 1.32 bits per heavy atom. The van der Waals surface area contributed by atoms with Crippen molar-refractivity contribution >= 4 is 5.96 Å². The molecule has 1 rings (SSSR count). The summed E-state index contributed by atoms with van der Waals surface area (Å²) in [7, 11) is 1.56. The average Bonchev–Trinajstić information content (AvgIpc) is 2.48. The molecule has 3 N–H and O–H groups in total. The van der Waals surface area contributed by atoms with E-state index in [1.165, 1.54) is 0 Å². The number of ether oxygens (including phenoxy) is 1. The Labute approximate surface area is 133 Å². The van der Waals surface area contributed by atoms with Gasteiger partial charge in [-0.25, -0.2) is 0 Å². The summed E-state index contributed by atoms with van der Waals surface area (Å²) in [5.74, 6) is 2.20. The molecule has 22 heavy (non-hydrogen) atoms. The normalized spacial score (nSPS) is 11.6. The van der Waals surface area contributed by atoms with Crippen molar-refractivity contribution in [2.45, 2.75) is 33.6 Å². The van der Waals surface area contributed by atoms with Crippen LogP contribution in [-0.4, -0.2) is 37.8 Å². The molecule has 0 aliphatic heterocycles. The van der Waals surface area contributed by atoms with Crippen LogP contribution < -0.4 is 15.4 Å². The molecule has 0 bridgehead atoms. The number of benzene rings is 1. The van der Waals surface area contributed by atoms with Crippen molar-refractivity contribution in [1.82, 2.24) is 10.6 Å². The number of phenolic OH excluding ortho intramolecular Hbond substituents is 1. The molecule has 5 nitrogen and oxygen atoms in total. The third kappa shape index (κ3) is 6.24. The first-order valence-corrected chi connectivity index (χ1v) is 7.95. The summed E-state index contributed by atoms with van der Waals surface area (Å²) in [6, 6.07) is 5.54. The molecule has 0 heterocycles. The third-order valence-corrected chi connectivity index (χ3v) is 3.31. The zero-order valence-electron chi connectivity index (χ0n) is 14.1. The number of aliphatic imine (C=N–C) groups is 1. The summed E-state index contributed by atoms with van der Waals surface area (Å²) in [5, 5.41) is 16.6. The Bertz CT molecular complexity index is 473. The minimum Gasteiger partial charge on any atom is -0.504 e. The van der Waals surface area contributed by atoms with Crippen LogP contribution >= 0.6 is 0 Å². The van der Waals surface area contributed by atoms with Gasteiger partial charge in [-0.3, -0.25) is 4.99 Å². The molecular weight excluding hydrogens is 278 g/mol. The lowest BCUT2D eigenvalue weighted by Crippen LogP contribution is -2.38. The van der Waals surface area contributed by atoms with Crippen molar-refractivity contribution in [2.75, 3.05) is 26.7 Å². The topological polar surface area (TPSA) is 65.9 Å². The number of guanidine groups is 1. The Kier molecular flexibility index (Phi) is 8.18. The van der Waals surface area contributed by atoms with Crippen LogP contribution in [0, 0.1) is 5.92 Å². The standard InChI is InChI=1S/C17H29N3O2/c1-5-18-17(19-11-9-13(2)3)20-12-10-14-7-6-8-15(22-4)16(14)21/h6-8,13,21H,5,9-12H2,1-4H3,(H2,18,19,20). The van der Waals surface area contributed by atoms with Gasteiger partial charge in [-0.15, -0.1) is 0 Å². The summed E-state index contributed by atoms with van der Waals surface area (Å²) in [6.45, 7) is 8.79. The lowest BCUT2D eigenvalue weighted by Gasteiger charge is -2.13. The molecule has 0 atom stereocenters. The van der Waals surface area contributed by atoms with Gasteiger partial charge in [-0.05, 0) is 37.3 Å². The van der Waals surface area contributed by atoms with Crippen molar-refractivity contribution in [2.24, 2.45) is 10.9 Å². The highest BCUT2D eigenvalue weighted by Gasteiger charge is 2.07. The monoisotopic (exact) mass is 307 g/mol. The largest absolute Gasteiger partial charge is 0.504 e. The van der Waals surface area contributed by atoms with Crippen LogP contribution in [-0.2, 0) is 6.42 Å². The van der Waals surface area contributed by atoms with Gasteiger partial charge in [-0.1, -0.05) is 26.0 Å². The van der Waals surface area contributed by atoms with E-state index >= 15 is 0 Å². The van der Waals surface area contributed by atoms with E-state index in [0.29, 0.717) is 24.6 Å². The van der Waals surface area contributed by atoms with Gasteiger partial charge in [0.05, 0.1) is 7.11 Å². The van der Waals surface area contributed by atoms with Crippen molar-refractivity contribution in [3.8, 4) is 11.5 Å². The maximum Gasteiger partial charge on any atom is 0.191 e. The van der Waals surface area contributed by atoms with E-state index in [1.807, 2.05) is 19.1 Å². The summed E-state index contributed by atoms with van der Waals surface area (Å²) < 4.78 is 5.12. The number of hydrogen-bond acceptors (Lipinski definition) is 3. The first-order chi connectivity index (χ1) is 10.6. The number of nitrogens with one attached hydrogen (secondary N) is 2. The molecule has 0 aliphatic carbocycles. The second kappa shape index (κ2) is 9.92. The van der Waals surface area contributed by atoms with Crippen molar-refractivity contribution in [1.29, 1.82) is 0 Å². The molecular formula is C17H29N3O2. The number of para-hydroxylation sites is 1. The van der Waals surface area contributed by atoms with Gasteiger partial charge in [0.1, 0.15) is 0 Å². The van der Waals surface area contributed by atoms with Gasteiger partial charge in [0.2, 0.25) is 0 Å². The highest BCUT2D eigenvalue weighted by atomic mass is 16.5. The summed E-state index contributed by atoms with van der Waals surface area (Å²) in [6.07, 6.45) is 1.78. The van der Waals surface area contributed by atoms with Gasteiger partial charge in [-0.2, -0.15) is 0 Å². The molecule has 0 fully saturated rings. The zero-order chi connectivity index (χ0) is 16.4. The lowest BCUT2D eigenvalue weighted by molar-refractivity contribution is 0.370. The highest BCUT2D eigenvalue weighted by Crippen LogP contribution is 2.29. The van der Waals surface area contributed by atoms with Crippen LogP contribution in [0.3, 0.4) is 0 Å². The third-order valence-electron chi connectivity index (χ3n) is 3.31. The fourth-order valence-corrected chi connectivity index (χ4v) is 2.03. The van der Waals surface area contributed by atoms with Crippen LogP contribution in [0.2, 0.25) is 0 Å². The summed E-state index contributed by atoms with van der Waals surface area (Å²) in [4.78, 5) is 4.55. The van der Waals surface area contributed by atoms with Gasteiger partial charge >= 0.3 is 0 Å². The van der Waals surface area contributed by atoms with E-state index in [2.05, 4.69) is 29.5 Å². The van der Waals surface area contributed by atoms with Crippen molar-refractivity contribution in [3.63, 3.8) is 0 Å². The summed E-state index contributed by atoms with van der Waals surface area (Å²) in [5.41, 5.74) is 0.866. The molecule has 0 unspecified atom stereocenters. The van der Waals surface area contributed by atoms with E-state index in [0.717, 1.165) is 31.0 Å². The smallest absolute Gasteiger partial charge is 0.191 e. The first kappa shape index (κ1) is 18.1. The minimum absolute atomic E-state index is 0.216. The Hall–Kier alpha value is -1.91. The van der Waals surface area contributed by atoms with Crippen LogP contribution in [0.25, 0.3) is 0 Å². The number of rotatable bonds is 8. The maximum absolute atomic E-state index is 10.1. The quantitative estimate of drug-likeness (QED) is 0.510. The fraction of sp³-hybridized carbons (Fsp3) is 0.588. The average molecular weight is 307 g/mol. The number of nitrogens with zero attached hydrogens (tertiary/aromatic N) is 1. The van der Waals surface area contributed by atoms with Gasteiger partial charge in [0.25, 0.3) is 0 Å². The SMILES string of the molecule is CCNC(=NCCC(C)C)NCCc1cccc(OC)c1O. The van der Waals surface area contributed by atoms with Crippen LogP contribution in [0.15, 0.2) is 23.2 Å². The van der Waals surface area contributed by atoms with Crippen LogP contribution in [0.5, 0.6) is 11.5 Å². The molecule has 0 aromatic heterocycles. The fourth-order valence-electron chi connectivity index (χ4n) is 2.03. The first-order valence-electron chi connectivity index (χ1n) is 7.95. The zero-order valence-corrected chi connectivity index (χ0v) is 14.1. The molecule has 0 spiro atoms. The van der Waals surface area contributed by atoms with E-state index in [9.17, 15) is 5.11 Å². The second-order valence-corrected chi connectivity index (χ2v) is 5.59. The van der Waals surface area contributed by atoms with E-state index in [1.54, 1.807) is 13.2 Å². The van der Waals surface area contributed by atoms with E-state index in [4.69, 9.17) is 4.74 Å². The molecule has 0 aliphatic rings. The van der Waals surface area contributed by atoms with Gasteiger partial charge < -0.3 is 20.5 Å². The molecule has 0 saturated heterocycles. The molecule has 0 amide bonds. The number of methoxy groups -OCH3 is 1. The predicted molar refractivity (Wildman–Crippen MR) is 91.8 cm³/mol. The van der Waals surface area contributed by atoms with Crippen molar-refractivity contribution < 1.29 is 9.84 Å². The van der Waals surface area contributed by atoms with Crippen LogP contribution in [0.4, 0.5) is 0 Å². The van der Waals surface area contributed by atoms with Crippen molar-refractivity contribution in [3.05, 3.63) is 23.8 Å².